The van der Waals surface area contributed by atoms with Gasteiger partial charge in [0.1, 0.15) is 5.70 Å². The van der Waals surface area contributed by atoms with Crippen molar-refractivity contribution in [2.24, 2.45) is 0 Å². The van der Waals surface area contributed by atoms with E-state index in [-0.39, 0.29) is 68.3 Å². The molecule has 0 radical (unpaired) electrons. The van der Waals surface area contributed by atoms with Gasteiger partial charge >= 0.3 is 29.6 Å². The molecule has 1 amide bonds. The number of anilines is 1. The van der Waals surface area contributed by atoms with Gasteiger partial charge in [-0.1, -0.05) is 11.6 Å². The van der Waals surface area contributed by atoms with Gasteiger partial charge < -0.3 is 28.9 Å². The molecule has 2 aliphatic rings. The molecule has 1 aromatic carbocycles. The van der Waals surface area contributed by atoms with Crippen molar-refractivity contribution in [3.8, 4) is 5.75 Å². The van der Waals surface area contributed by atoms with E-state index in [9.17, 15) is 17.8 Å². The summed E-state index contributed by atoms with van der Waals surface area (Å²) in [7, 11) is -2.79. The first kappa shape index (κ1) is 29.0. The van der Waals surface area contributed by atoms with E-state index in [0.717, 1.165) is 0 Å². The molecule has 1 aromatic rings. The Balaban J connectivity index is 0.00000408. The number of nitrogens with zero attached hydrogens (tertiary/aromatic N) is 3. The molecule has 180 valence electrons. The van der Waals surface area contributed by atoms with E-state index in [1.165, 1.54) is 4.90 Å². The van der Waals surface area contributed by atoms with Gasteiger partial charge in [-0.05, 0) is 42.9 Å². The third-order valence-electron chi connectivity index (χ3n) is 4.88. The van der Waals surface area contributed by atoms with Crippen LogP contribution in [0.4, 0.5) is 5.69 Å². The molecule has 14 heteroatoms. The zero-order valence-corrected chi connectivity index (χ0v) is 23.2. The zero-order valence-electron chi connectivity index (χ0n) is 18.8. The SMILES string of the molecule is CN1C(=O)C(=CC=C2Oc3ccc(Cl)cc3N2CCCS(=O)(=O)[O-])N(CCOCCO)C1=S.[Na+]. The first-order valence-electron chi connectivity index (χ1n) is 10.0. The smallest absolute Gasteiger partial charge is 0.748 e. The Morgan fingerprint density at radius 2 is 1.97 bits per heavy atom. The Morgan fingerprint density at radius 3 is 2.65 bits per heavy atom. The standard InChI is InChI=1S/C20H24ClN3O7S2.Na/c1-22-19(26)15(24(20(22)32)8-10-30-11-9-25)4-6-18-23(7-2-12-33(27,28)29)16-13-14(21)3-5-17(16)31-18;/h3-6,13,25H,2,7-12H2,1H3,(H,27,28,29);/q;+1/p-1. The first-order valence-corrected chi connectivity index (χ1v) is 12.4. The third-order valence-corrected chi connectivity index (χ3v) is 6.40. The van der Waals surface area contributed by atoms with Crippen LogP contribution in [0.25, 0.3) is 0 Å². The Labute approximate surface area is 230 Å². The van der Waals surface area contributed by atoms with Crippen molar-refractivity contribution in [3.05, 3.63) is 47.0 Å². The van der Waals surface area contributed by atoms with Gasteiger partial charge in [0, 0.05) is 37.0 Å². The number of rotatable bonds is 10. The molecule has 0 atom stereocenters. The summed E-state index contributed by atoms with van der Waals surface area (Å²) in [5, 5.41) is 9.63. The maximum absolute atomic E-state index is 12.7. The van der Waals surface area contributed by atoms with E-state index in [4.69, 9.17) is 38.4 Å². The van der Waals surface area contributed by atoms with Crippen LogP contribution in [0.1, 0.15) is 6.42 Å². The molecule has 2 aliphatic heterocycles. The van der Waals surface area contributed by atoms with E-state index in [1.807, 2.05) is 0 Å². The molecule has 2 heterocycles. The summed E-state index contributed by atoms with van der Waals surface area (Å²) in [4.78, 5) is 17.4. The van der Waals surface area contributed by atoms with Crippen LogP contribution in [0, 0.1) is 0 Å². The predicted molar refractivity (Wildman–Crippen MR) is 125 cm³/mol. The Hall–Kier alpha value is -1.22. The maximum Gasteiger partial charge on any atom is 1.00 e. The molecule has 1 saturated heterocycles. The number of carbonyl (C=O) groups is 1. The summed E-state index contributed by atoms with van der Waals surface area (Å²) in [5.41, 5.74) is 0.928. The second-order valence-corrected chi connectivity index (χ2v) is 9.50. The molecule has 0 aromatic heterocycles. The number of hydrogen-bond acceptors (Lipinski definition) is 9. The normalized spacial score (nSPS) is 18.1. The molecule has 34 heavy (non-hydrogen) atoms. The molecule has 0 bridgehead atoms. The van der Waals surface area contributed by atoms with Gasteiger partial charge in [0.15, 0.2) is 10.9 Å². The predicted octanol–water partition coefficient (Wildman–Crippen LogP) is -1.73. The van der Waals surface area contributed by atoms with E-state index in [1.54, 1.807) is 47.2 Å². The van der Waals surface area contributed by atoms with Crippen LogP contribution in [0.2, 0.25) is 5.02 Å². The largest absolute Gasteiger partial charge is 1.00 e. The van der Waals surface area contributed by atoms with E-state index in [2.05, 4.69) is 0 Å². The van der Waals surface area contributed by atoms with Gasteiger partial charge in [0.25, 0.3) is 5.91 Å². The van der Waals surface area contributed by atoms with Crippen LogP contribution in [0.15, 0.2) is 41.9 Å². The van der Waals surface area contributed by atoms with Crippen LogP contribution < -0.4 is 39.2 Å². The van der Waals surface area contributed by atoms with Crippen LogP contribution in [-0.2, 0) is 19.6 Å². The van der Waals surface area contributed by atoms with Crippen molar-refractivity contribution in [1.82, 2.24) is 9.80 Å². The van der Waals surface area contributed by atoms with Gasteiger partial charge in [-0.2, -0.15) is 0 Å². The van der Waals surface area contributed by atoms with Crippen LogP contribution >= 0.6 is 23.8 Å². The number of aliphatic hydroxyl groups excluding tert-OH is 1. The number of aliphatic hydroxyl groups is 1. The van der Waals surface area contributed by atoms with E-state index in [0.29, 0.717) is 39.7 Å². The second-order valence-electron chi connectivity index (χ2n) is 7.17. The number of amides is 1. The molecule has 1 N–H and O–H groups in total. The van der Waals surface area contributed by atoms with Crippen molar-refractivity contribution in [1.29, 1.82) is 0 Å². The summed E-state index contributed by atoms with van der Waals surface area (Å²) in [6.45, 7) is 0.825. The van der Waals surface area contributed by atoms with Crippen molar-refractivity contribution in [2.45, 2.75) is 6.42 Å². The summed E-state index contributed by atoms with van der Waals surface area (Å²) in [5.74, 6) is 0.0236. The number of thiocarbonyl (C=S) groups is 1. The molecule has 0 unspecified atom stereocenters. The first-order chi connectivity index (χ1) is 15.6. The fourth-order valence-electron chi connectivity index (χ4n) is 3.34. The van der Waals surface area contributed by atoms with Crippen molar-refractivity contribution < 1.29 is 61.9 Å². The average Bonchev–Trinajstić information content (AvgIpc) is 3.18. The minimum Gasteiger partial charge on any atom is -0.748 e. The third kappa shape index (κ3) is 7.15. The van der Waals surface area contributed by atoms with Gasteiger partial charge in [-0.15, -0.1) is 0 Å². The molecule has 0 spiro atoms. The quantitative estimate of drug-likeness (QED) is 0.121. The van der Waals surface area contributed by atoms with Crippen molar-refractivity contribution in [3.63, 3.8) is 0 Å². The maximum atomic E-state index is 12.7. The van der Waals surface area contributed by atoms with Crippen molar-refractivity contribution in [2.75, 3.05) is 50.6 Å². The topological polar surface area (TPSA) is 123 Å². The van der Waals surface area contributed by atoms with Gasteiger partial charge in [0.05, 0.1) is 35.6 Å². The molecule has 1 fully saturated rings. The van der Waals surface area contributed by atoms with E-state index >= 15 is 0 Å². The summed E-state index contributed by atoms with van der Waals surface area (Å²) >= 11 is 11.5. The Morgan fingerprint density at radius 1 is 1.24 bits per heavy atom. The van der Waals surface area contributed by atoms with Crippen LogP contribution in [0.3, 0.4) is 0 Å². The van der Waals surface area contributed by atoms with Gasteiger partial charge in [-0.25, -0.2) is 8.42 Å². The van der Waals surface area contributed by atoms with Crippen LogP contribution in [-0.4, -0.2) is 84.6 Å². The molecule has 0 aliphatic carbocycles. The Bertz CT molecular complexity index is 1100. The number of halogens is 1. The summed E-state index contributed by atoms with van der Waals surface area (Å²) < 4.78 is 44.2. The number of fused-ring (bicyclic) bond motifs is 1. The number of carbonyl (C=O) groups excluding carboxylic acids is 1. The number of ether oxygens (including phenoxy) is 2. The fourth-order valence-corrected chi connectivity index (χ4v) is 4.26. The molecule has 0 saturated carbocycles. The molecular weight excluding hydrogens is 517 g/mol. The van der Waals surface area contributed by atoms with Gasteiger partial charge in [-0.3, -0.25) is 9.69 Å². The molecular formula is C20H23ClN3NaO7S2. The minimum atomic E-state index is -4.36. The zero-order chi connectivity index (χ0) is 24.2. The minimum absolute atomic E-state index is 0. The number of hydrogen-bond donors (Lipinski definition) is 1. The Kier molecular flexibility index (Phi) is 10.8. The molecule has 3 rings (SSSR count). The van der Waals surface area contributed by atoms with Crippen molar-refractivity contribution >= 4 is 50.6 Å². The number of benzene rings is 1. The number of likely N-dealkylation sites (N-methyl/N-ethyl adjacent to an activating group) is 1. The fraction of sp³-hybridized carbons (Fsp3) is 0.400. The van der Waals surface area contributed by atoms with E-state index < -0.39 is 15.9 Å². The second kappa shape index (κ2) is 12.7. The summed E-state index contributed by atoms with van der Waals surface area (Å²) in [6.07, 6.45) is 3.22. The average molecular weight is 540 g/mol. The van der Waals surface area contributed by atoms with Crippen LogP contribution in [0.5, 0.6) is 5.75 Å². The number of allylic oxidation sites excluding steroid dienone is 2. The summed E-state index contributed by atoms with van der Waals surface area (Å²) in [6, 6.07) is 5.01. The molecule has 10 nitrogen and oxygen atoms in total. The van der Waals surface area contributed by atoms with Gasteiger partial charge in [0.2, 0.25) is 5.88 Å². The monoisotopic (exact) mass is 539 g/mol.